The van der Waals surface area contributed by atoms with Crippen LogP contribution in [0.15, 0.2) is 182 Å². The highest BCUT2D eigenvalue weighted by Gasteiger charge is 2.59. The van der Waals surface area contributed by atoms with Crippen molar-refractivity contribution in [3.8, 4) is 11.1 Å². The van der Waals surface area contributed by atoms with Gasteiger partial charge in [-0.15, -0.1) is 0 Å². The van der Waals surface area contributed by atoms with E-state index < -0.39 is 0 Å². The minimum Gasteiger partial charge on any atom is -0.327 e. The molecule has 0 fully saturated rings. The van der Waals surface area contributed by atoms with Crippen LogP contribution in [-0.2, 0) is 16.5 Å². The summed E-state index contributed by atoms with van der Waals surface area (Å²) in [7, 11) is 0. The average molecular weight is 845 g/mol. The Hall–Kier alpha value is -7.30. The van der Waals surface area contributed by atoms with E-state index in [1.807, 2.05) is 84.9 Å². The second-order valence-electron chi connectivity index (χ2n) is 18.8. The summed E-state index contributed by atoms with van der Waals surface area (Å²) >= 11 is 0. The molecule has 8 aromatic rings. The first-order valence-corrected chi connectivity index (χ1v) is 23.0. The molecule has 0 saturated heterocycles. The molecule has 0 spiro atoms. The van der Waals surface area contributed by atoms with Gasteiger partial charge in [-0.2, -0.15) is 0 Å². The smallest absolute Gasteiger partial charge is 0.193 e. The van der Waals surface area contributed by atoms with E-state index in [2.05, 4.69) is 148 Å². The number of carbonyl (C=O) groups excluding carboxylic acids is 2. The molecule has 2 unspecified atom stereocenters. The van der Waals surface area contributed by atoms with E-state index in [-0.39, 0.29) is 28.1 Å². The molecule has 11 rings (SSSR count). The number of rotatable bonds is 12. The van der Waals surface area contributed by atoms with E-state index in [0.717, 1.165) is 35.6 Å². The number of ketones is 2. The van der Waals surface area contributed by atoms with Crippen LogP contribution in [0.25, 0.3) is 11.1 Å². The molecule has 8 aromatic carbocycles. The van der Waals surface area contributed by atoms with Crippen molar-refractivity contribution in [1.29, 1.82) is 0 Å². The Labute approximate surface area is 382 Å². The lowest BCUT2D eigenvalue weighted by molar-refractivity contribution is 0.103. The van der Waals surface area contributed by atoms with Crippen molar-refractivity contribution >= 4 is 34.3 Å². The number of fused-ring (bicyclic) bond motifs is 5. The maximum absolute atomic E-state index is 13.5. The third kappa shape index (κ3) is 6.11. The zero-order valence-electron chi connectivity index (χ0n) is 37.9. The minimum atomic E-state index is -0.340. The largest absolute Gasteiger partial charge is 0.327 e. The Kier molecular flexibility index (Phi) is 9.27. The fourth-order valence-electron chi connectivity index (χ4n) is 11.2. The summed E-state index contributed by atoms with van der Waals surface area (Å²) < 4.78 is 0. The van der Waals surface area contributed by atoms with Gasteiger partial charge >= 0.3 is 0 Å². The highest BCUT2D eigenvalue weighted by molar-refractivity contribution is 6.10. The van der Waals surface area contributed by atoms with E-state index >= 15 is 0 Å². The van der Waals surface area contributed by atoms with Crippen molar-refractivity contribution in [1.82, 2.24) is 0 Å². The van der Waals surface area contributed by atoms with Crippen LogP contribution < -0.4 is 9.80 Å². The van der Waals surface area contributed by atoms with Gasteiger partial charge in [-0.05, 0) is 156 Å². The normalized spacial score (nSPS) is 17.9. The summed E-state index contributed by atoms with van der Waals surface area (Å²) in [4.78, 5) is 32.0. The summed E-state index contributed by atoms with van der Waals surface area (Å²) in [5, 5.41) is 0. The molecule has 0 amide bonds. The first-order valence-electron chi connectivity index (χ1n) is 23.0. The topological polar surface area (TPSA) is 40.6 Å². The number of hydrogen-bond donors (Lipinski definition) is 0. The van der Waals surface area contributed by atoms with Crippen molar-refractivity contribution in [2.75, 3.05) is 9.80 Å². The first kappa shape index (κ1) is 40.5. The maximum atomic E-state index is 13.5. The predicted molar refractivity (Wildman–Crippen MR) is 265 cm³/mol. The highest BCUT2D eigenvalue weighted by atomic mass is 16.1. The molecule has 2 atom stereocenters. The molecule has 4 nitrogen and oxygen atoms in total. The van der Waals surface area contributed by atoms with Crippen molar-refractivity contribution in [2.24, 2.45) is 0 Å². The Morgan fingerprint density at radius 3 is 1.00 bits per heavy atom. The van der Waals surface area contributed by atoms with Crippen LogP contribution in [0, 0.1) is 13.8 Å². The van der Waals surface area contributed by atoms with E-state index in [4.69, 9.17) is 0 Å². The van der Waals surface area contributed by atoms with E-state index in [9.17, 15) is 9.59 Å². The molecule has 3 aliphatic rings. The van der Waals surface area contributed by atoms with Crippen molar-refractivity contribution in [2.45, 2.75) is 70.9 Å². The molecule has 0 heterocycles. The molecule has 0 aromatic heterocycles. The SMILES string of the molecule is CCC1(N(c2ccc(C)cc2)c2ccc(C(=O)c3ccccc3)cc2)c2cc3c(cc21)C(C)(C)c1cc2c(cc1-3)C2(CC)N(c1ccc(C)cc1)c1ccc(C(=O)c2ccccc2)cc1. The lowest BCUT2D eigenvalue weighted by atomic mass is 9.82. The van der Waals surface area contributed by atoms with Crippen LogP contribution in [0.1, 0.15) is 117 Å². The van der Waals surface area contributed by atoms with E-state index in [1.54, 1.807) is 0 Å². The van der Waals surface area contributed by atoms with Gasteiger partial charge in [-0.1, -0.05) is 136 Å². The summed E-state index contributed by atoms with van der Waals surface area (Å²) in [5.41, 5.74) is 19.5. The molecule has 3 aliphatic carbocycles. The van der Waals surface area contributed by atoms with Gasteiger partial charge < -0.3 is 9.80 Å². The first-order chi connectivity index (χ1) is 31.5. The second kappa shape index (κ2) is 14.9. The molecular weight excluding hydrogens is 793 g/mol. The molecule has 0 bridgehead atoms. The Morgan fingerprint density at radius 2 is 0.677 bits per heavy atom. The van der Waals surface area contributed by atoms with Crippen LogP contribution >= 0.6 is 0 Å². The minimum absolute atomic E-state index is 0.0264. The number of hydrogen-bond acceptors (Lipinski definition) is 4. The van der Waals surface area contributed by atoms with Gasteiger partial charge in [-0.25, -0.2) is 0 Å². The van der Waals surface area contributed by atoms with Crippen molar-refractivity contribution in [3.63, 3.8) is 0 Å². The summed E-state index contributed by atoms with van der Waals surface area (Å²) in [6, 6.07) is 63.2. The standard InChI is InChI=1S/C61H52N2O2/c1-7-60(62(45-27-19-39(3)20-28-45)47-31-23-43(24-32-47)57(64)41-15-11-9-12-16-41)53-35-49-50-36-54-56(38-52(50)59(5,6)51(49)37-55(53)60)61(54,8-2)63(46-29-21-40(4)22-30-46)48-33-25-44(26-34-48)58(65)42-17-13-10-14-18-42/h9-38H,7-8H2,1-6H3. The van der Waals surface area contributed by atoms with Gasteiger partial charge in [0.1, 0.15) is 0 Å². The average Bonchev–Trinajstić information content (AvgIpc) is 4.18. The Morgan fingerprint density at radius 1 is 0.385 bits per heavy atom. The Bertz CT molecular complexity index is 2950. The van der Waals surface area contributed by atoms with Crippen LogP contribution in [0.5, 0.6) is 0 Å². The van der Waals surface area contributed by atoms with E-state index in [0.29, 0.717) is 22.3 Å². The van der Waals surface area contributed by atoms with Crippen LogP contribution in [-0.4, -0.2) is 11.6 Å². The lowest BCUT2D eigenvalue weighted by Gasteiger charge is -2.35. The van der Waals surface area contributed by atoms with Gasteiger partial charge in [-0.3, -0.25) is 9.59 Å². The molecule has 0 saturated carbocycles. The van der Waals surface area contributed by atoms with Crippen LogP contribution in [0.4, 0.5) is 22.7 Å². The predicted octanol–water partition coefficient (Wildman–Crippen LogP) is 14.7. The lowest BCUT2D eigenvalue weighted by Crippen LogP contribution is -2.32. The fourth-order valence-corrected chi connectivity index (χ4v) is 11.2. The molecule has 318 valence electrons. The summed E-state index contributed by atoms with van der Waals surface area (Å²) in [6.45, 7) is 13.7. The maximum Gasteiger partial charge on any atom is 0.193 e. The van der Waals surface area contributed by atoms with Crippen molar-refractivity contribution in [3.05, 3.63) is 249 Å². The zero-order valence-corrected chi connectivity index (χ0v) is 37.9. The second-order valence-corrected chi connectivity index (χ2v) is 18.8. The Balaban J connectivity index is 0.987. The zero-order chi connectivity index (χ0) is 44.8. The molecule has 0 radical (unpaired) electrons. The quantitative estimate of drug-likeness (QED) is 0.115. The molecule has 0 aliphatic heterocycles. The van der Waals surface area contributed by atoms with E-state index in [1.165, 1.54) is 55.6 Å². The van der Waals surface area contributed by atoms with Crippen molar-refractivity contribution < 1.29 is 9.59 Å². The number of aryl methyl sites for hydroxylation is 2. The monoisotopic (exact) mass is 844 g/mol. The van der Waals surface area contributed by atoms with Gasteiger partial charge in [0.15, 0.2) is 11.6 Å². The summed E-state index contributed by atoms with van der Waals surface area (Å²) in [6.07, 6.45) is 1.78. The fraction of sp³-hybridized carbons (Fsp3) is 0.180. The van der Waals surface area contributed by atoms with Gasteiger partial charge in [0.2, 0.25) is 0 Å². The van der Waals surface area contributed by atoms with Gasteiger partial charge in [0, 0.05) is 50.4 Å². The van der Waals surface area contributed by atoms with Crippen LogP contribution in [0.3, 0.4) is 0 Å². The molecule has 4 heteroatoms. The summed E-state index contributed by atoms with van der Waals surface area (Å²) in [5.74, 6) is 0.0527. The molecule has 65 heavy (non-hydrogen) atoms. The molecule has 0 N–H and O–H groups in total. The third-order valence-corrected chi connectivity index (χ3v) is 14.8. The number of nitrogens with zero attached hydrogens (tertiary/aromatic N) is 2. The van der Waals surface area contributed by atoms with Gasteiger partial charge in [0.25, 0.3) is 0 Å². The number of anilines is 4. The highest BCUT2D eigenvalue weighted by Crippen LogP contribution is 2.66. The third-order valence-electron chi connectivity index (χ3n) is 14.8. The number of carbonyl (C=O) groups is 2. The molecular formula is C61H52N2O2. The van der Waals surface area contributed by atoms with Crippen LogP contribution in [0.2, 0.25) is 0 Å². The van der Waals surface area contributed by atoms with Gasteiger partial charge in [0.05, 0.1) is 11.1 Å². The number of benzene rings is 8.